The van der Waals surface area contributed by atoms with Crippen molar-refractivity contribution in [3.8, 4) is 5.75 Å². The molecule has 0 spiro atoms. The minimum Gasteiger partial charge on any atom is -0.430 e. The highest BCUT2D eigenvalue weighted by Gasteiger charge is 2.23. The number of pyridine rings is 1. The third kappa shape index (κ3) is 7.92. The summed E-state index contributed by atoms with van der Waals surface area (Å²) in [5.41, 5.74) is 6.63. The number of imidazole rings is 1. The van der Waals surface area contributed by atoms with E-state index in [0.29, 0.717) is 13.0 Å². The zero-order chi connectivity index (χ0) is 28.7. The van der Waals surface area contributed by atoms with E-state index < -0.39 is 5.85 Å². The van der Waals surface area contributed by atoms with Gasteiger partial charge in [0.05, 0.1) is 5.69 Å². The quantitative estimate of drug-likeness (QED) is 0.190. The smallest absolute Gasteiger partial charge is 0.408 e. The second kappa shape index (κ2) is 13.4. The number of fused-ring (bicyclic) bond motifs is 1. The number of nitrogens with one attached hydrogen (secondary N) is 1. The largest absolute Gasteiger partial charge is 0.430 e. The summed E-state index contributed by atoms with van der Waals surface area (Å²) in [7, 11) is 1.37. The molecule has 4 aromatic rings. The van der Waals surface area contributed by atoms with Crippen molar-refractivity contribution in [1.82, 2.24) is 14.7 Å². The van der Waals surface area contributed by atoms with Gasteiger partial charge in [0.25, 0.3) is 0 Å². The molecule has 40 heavy (non-hydrogen) atoms. The van der Waals surface area contributed by atoms with E-state index in [-0.39, 0.29) is 5.75 Å². The first kappa shape index (κ1) is 29.7. The highest BCUT2D eigenvalue weighted by atomic mass is 79.9. The van der Waals surface area contributed by atoms with Gasteiger partial charge in [-0.3, -0.25) is 4.79 Å². The topological polar surface area (TPSA) is 62.1 Å². The first-order valence-corrected chi connectivity index (χ1v) is 14.4. The number of ether oxygens (including phenoxy) is 1. The number of benzene rings is 2. The van der Waals surface area contributed by atoms with Crippen molar-refractivity contribution < 1.29 is 18.3 Å². The Morgan fingerprint density at radius 2 is 1.60 bits per heavy atom. The monoisotopic (exact) mass is 631 g/mol. The molecule has 1 saturated heterocycles. The Balaban J connectivity index is 0.000000236. The highest BCUT2D eigenvalue weighted by Crippen LogP contribution is 2.29. The molecule has 0 saturated carbocycles. The lowest BCUT2D eigenvalue weighted by molar-refractivity contribution is -0.109. The van der Waals surface area contributed by atoms with Crippen LogP contribution in [0.25, 0.3) is 5.65 Å². The first-order valence-electron chi connectivity index (χ1n) is 13.0. The Morgan fingerprint density at radius 3 is 2.12 bits per heavy atom. The Kier molecular flexibility index (Phi) is 9.98. The number of piperazine rings is 1. The molecule has 212 valence electrons. The van der Waals surface area contributed by atoms with Crippen LogP contribution in [0.15, 0.2) is 71.3 Å². The molecular weight excluding hydrogens is 599 g/mol. The number of carbonyl (C=O) groups excluding carboxylic acids is 1. The van der Waals surface area contributed by atoms with Crippen LogP contribution in [0.1, 0.15) is 23.9 Å². The molecule has 1 amide bonds. The van der Waals surface area contributed by atoms with Crippen molar-refractivity contribution in [2.24, 2.45) is 0 Å². The number of aromatic nitrogens is 2. The number of nitrogens with zero attached hydrogens (tertiary/aromatic N) is 4. The lowest BCUT2D eigenvalue weighted by atomic mass is 10.1. The molecule has 2 aromatic carbocycles. The van der Waals surface area contributed by atoms with Gasteiger partial charge in [0.1, 0.15) is 11.4 Å². The van der Waals surface area contributed by atoms with E-state index in [4.69, 9.17) is 0 Å². The third-order valence-electron chi connectivity index (χ3n) is 6.69. The van der Waals surface area contributed by atoms with Crippen LogP contribution in [0, 0.1) is 6.92 Å². The van der Waals surface area contributed by atoms with Gasteiger partial charge in [0.2, 0.25) is 6.41 Å². The second-order valence-corrected chi connectivity index (χ2v) is 11.0. The second-order valence-electron chi connectivity index (χ2n) is 9.37. The van der Waals surface area contributed by atoms with E-state index in [1.807, 2.05) is 30.5 Å². The lowest BCUT2D eigenvalue weighted by Gasteiger charge is -2.37. The number of aryl methyl sites for hydroxylation is 2. The van der Waals surface area contributed by atoms with Crippen molar-refractivity contribution in [3.63, 3.8) is 0 Å². The van der Waals surface area contributed by atoms with Crippen LogP contribution < -0.4 is 19.9 Å². The number of hydrogen-bond acceptors (Lipinski definition) is 5. The standard InChI is InChI=1S/C19H22F2N3O2P.C10H11BrN2/c20-19(21,27)26-18-7-5-17(6-8-18)24-11-9-23(10-12-24)16-3-1-15(2-4-16)13-22-14-25;1-3-9-7(2)13-5-4-8(11)6-10(13)12-9/h1-8,14H,9-13,27H2,(H,22,25);4-6H,3H2,1-2H3. The molecule has 1 aliphatic rings. The number of amides is 1. The molecule has 5 rings (SSSR count). The predicted octanol–water partition coefficient (Wildman–Crippen LogP) is 6.03. The molecule has 1 N–H and O–H groups in total. The van der Waals surface area contributed by atoms with Gasteiger partial charge in [0, 0.05) is 60.5 Å². The minimum absolute atomic E-state index is 0.140. The van der Waals surface area contributed by atoms with E-state index in [1.54, 1.807) is 24.3 Å². The molecule has 11 heteroatoms. The molecule has 1 unspecified atom stereocenters. The number of alkyl halides is 2. The van der Waals surface area contributed by atoms with Gasteiger partial charge < -0.3 is 24.3 Å². The Bertz CT molecular complexity index is 1400. The van der Waals surface area contributed by atoms with Gasteiger partial charge in [-0.05, 0) is 76.7 Å². The number of hydrogen-bond donors (Lipinski definition) is 1. The van der Waals surface area contributed by atoms with Crippen LogP contribution in [-0.2, 0) is 17.8 Å². The number of anilines is 2. The van der Waals surface area contributed by atoms with Crippen molar-refractivity contribution in [3.05, 3.63) is 88.3 Å². The fraction of sp³-hybridized carbons (Fsp3) is 0.310. The molecule has 1 fully saturated rings. The van der Waals surface area contributed by atoms with Gasteiger partial charge in [-0.1, -0.05) is 35.0 Å². The molecular formula is C29H33BrF2N5O2P. The number of halogens is 3. The average molecular weight is 632 g/mol. The van der Waals surface area contributed by atoms with Crippen molar-refractivity contribution >= 4 is 48.6 Å². The molecule has 2 aromatic heterocycles. The predicted molar refractivity (Wildman–Crippen MR) is 163 cm³/mol. The fourth-order valence-electron chi connectivity index (χ4n) is 4.62. The zero-order valence-corrected chi connectivity index (χ0v) is 25.2. The zero-order valence-electron chi connectivity index (χ0n) is 22.5. The van der Waals surface area contributed by atoms with Gasteiger partial charge in [-0.2, -0.15) is 8.78 Å². The van der Waals surface area contributed by atoms with E-state index in [0.717, 1.165) is 59.7 Å². The van der Waals surface area contributed by atoms with Crippen LogP contribution in [0.5, 0.6) is 5.75 Å². The summed E-state index contributed by atoms with van der Waals surface area (Å²) in [6.45, 7) is 8.18. The summed E-state index contributed by atoms with van der Waals surface area (Å²) in [6.07, 6.45) is 3.73. The molecule has 0 aliphatic carbocycles. The molecule has 0 bridgehead atoms. The Hall–Kier alpha value is -3.23. The molecule has 1 aliphatic heterocycles. The summed E-state index contributed by atoms with van der Waals surface area (Å²) >= 11 is 3.43. The van der Waals surface area contributed by atoms with Crippen LogP contribution >= 0.6 is 25.2 Å². The maximum absolute atomic E-state index is 12.9. The molecule has 3 heterocycles. The lowest BCUT2D eigenvalue weighted by Crippen LogP contribution is -2.46. The first-order chi connectivity index (χ1) is 19.2. The van der Waals surface area contributed by atoms with Gasteiger partial charge in [-0.25, -0.2) is 4.98 Å². The minimum atomic E-state index is -3.26. The molecule has 1 atom stereocenters. The Morgan fingerprint density at radius 1 is 1.02 bits per heavy atom. The SMILES string of the molecule is CCc1nc2cc(Br)ccn2c1C.O=CNCc1ccc(N2CCN(c3ccc(OC(F)(F)P)cc3)CC2)cc1. The van der Waals surface area contributed by atoms with E-state index in [1.165, 1.54) is 20.6 Å². The summed E-state index contributed by atoms with van der Waals surface area (Å²) < 4.78 is 33.4. The van der Waals surface area contributed by atoms with Crippen LogP contribution in [0.3, 0.4) is 0 Å². The van der Waals surface area contributed by atoms with Crippen molar-refractivity contribution in [2.45, 2.75) is 32.7 Å². The van der Waals surface area contributed by atoms with Crippen LogP contribution in [0.2, 0.25) is 0 Å². The molecule has 0 radical (unpaired) electrons. The fourth-order valence-corrected chi connectivity index (χ4v) is 5.07. The third-order valence-corrected chi connectivity index (χ3v) is 7.30. The van der Waals surface area contributed by atoms with Gasteiger partial charge in [0.15, 0.2) is 0 Å². The highest BCUT2D eigenvalue weighted by molar-refractivity contribution is 9.10. The van der Waals surface area contributed by atoms with E-state index >= 15 is 0 Å². The summed E-state index contributed by atoms with van der Waals surface area (Å²) in [6, 6.07) is 18.9. The van der Waals surface area contributed by atoms with Gasteiger partial charge in [-0.15, -0.1) is 0 Å². The summed E-state index contributed by atoms with van der Waals surface area (Å²) in [5, 5.41) is 2.65. The van der Waals surface area contributed by atoms with Crippen molar-refractivity contribution in [2.75, 3.05) is 36.0 Å². The maximum atomic E-state index is 12.9. The van der Waals surface area contributed by atoms with Crippen LogP contribution in [0.4, 0.5) is 20.2 Å². The Labute approximate surface area is 243 Å². The average Bonchev–Trinajstić information content (AvgIpc) is 3.26. The van der Waals surface area contributed by atoms with Gasteiger partial charge >= 0.3 is 5.85 Å². The van der Waals surface area contributed by atoms with E-state index in [9.17, 15) is 13.6 Å². The maximum Gasteiger partial charge on any atom is 0.408 e. The number of rotatable bonds is 8. The van der Waals surface area contributed by atoms with Crippen molar-refractivity contribution in [1.29, 1.82) is 0 Å². The van der Waals surface area contributed by atoms with Crippen LogP contribution in [-0.4, -0.2) is 47.8 Å². The summed E-state index contributed by atoms with van der Waals surface area (Å²) in [4.78, 5) is 19.4. The molecule has 7 nitrogen and oxygen atoms in total. The summed E-state index contributed by atoms with van der Waals surface area (Å²) in [5.74, 6) is -3.12. The number of carbonyl (C=O) groups is 1. The normalized spacial score (nSPS) is 13.6. The van der Waals surface area contributed by atoms with E-state index in [2.05, 4.69) is 71.1 Å².